The summed E-state index contributed by atoms with van der Waals surface area (Å²) in [5.41, 5.74) is 1.82. The Morgan fingerprint density at radius 3 is 2.82 bits per heavy atom. The first-order valence-electron chi connectivity index (χ1n) is 5.05. The number of hydrogen-bond acceptors (Lipinski definition) is 3. The summed E-state index contributed by atoms with van der Waals surface area (Å²) in [7, 11) is 1.65. The minimum absolute atomic E-state index is 0.773. The molecule has 0 radical (unpaired) electrons. The molecule has 0 unspecified atom stereocenters. The van der Waals surface area contributed by atoms with Gasteiger partial charge in [0.1, 0.15) is 11.4 Å². The van der Waals surface area contributed by atoms with Gasteiger partial charge in [-0.25, -0.2) is 4.98 Å². The Morgan fingerprint density at radius 2 is 2.12 bits per heavy atom. The highest BCUT2D eigenvalue weighted by atomic mass is 35.5. The van der Waals surface area contributed by atoms with E-state index in [1.165, 1.54) is 11.3 Å². The number of halogens is 1. The molecule has 0 aliphatic rings. The van der Waals surface area contributed by atoms with Crippen molar-refractivity contribution in [2.45, 2.75) is 0 Å². The van der Waals surface area contributed by atoms with Gasteiger partial charge in [-0.05, 0) is 24.3 Å². The van der Waals surface area contributed by atoms with Crippen molar-refractivity contribution < 1.29 is 4.74 Å². The van der Waals surface area contributed by atoms with Crippen molar-refractivity contribution in [3.05, 3.63) is 41.0 Å². The molecule has 86 valence electrons. The van der Waals surface area contributed by atoms with Gasteiger partial charge in [-0.2, -0.15) is 0 Å². The molecule has 0 aliphatic carbocycles. The summed E-state index contributed by atoms with van der Waals surface area (Å²) in [6.45, 7) is 0. The first-order valence-corrected chi connectivity index (χ1v) is 6.24. The van der Waals surface area contributed by atoms with Crippen LogP contribution in [0, 0.1) is 0 Å². The Labute approximate surface area is 107 Å². The minimum atomic E-state index is 0.773. The maximum atomic E-state index is 5.92. The number of ether oxygens (including phenoxy) is 1. The highest BCUT2D eigenvalue weighted by Gasteiger charge is 2.07. The quantitative estimate of drug-likeness (QED) is 0.705. The topological polar surface area (TPSA) is 26.5 Å². The number of rotatable bonds is 2. The lowest BCUT2D eigenvalue weighted by Gasteiger charge is -1.98. The molecular formula is C12H9ClN2OS. The molecule has 5 heteroatoms. The van der Waals surface area contributed by atoms with E-state index in [1.807, 2.05) is 41.1 Å². The highest BCUT2D eigenvalue weighted by Crippen LogP contribution is 2.30. The zero-order valence-electron chi connectivity index (χ0n) is 9.05. The van der Waals surface area contributed by atoms with Gasteiger partial charge >= 0.3 is 0 Å². The van der Waals surface area contributed by atoms with Gasteiger partial charge in [-0.1, -0.05) is 11.6 Å². The van der Waals surface area contributed by atoms with Crippen molar-refractivity contribution in [1.29, 1.82) is 0 Å². The molecule has 3 rings (SSSR count). The molecule has 0 saturated carbocycles. The third-order valence-corrected chi connectivity index (χ3v) is 3.74. The summed E-state index contributed by atoms with van der Waals surface area (Å²) < 4.78 is 7.89. The molecule has 0 fully saturated rings. The molecule has 0 bridgehead atoms. The largest absolute Gasteiger partial charge is 0.495 e. The van der Waals surface area contributed by atoms with Gasteiger partial charge in [0.25, 0.3) is 0 Å². The molecule has 0 aliphatic heterocycles. The molecule has 0 N–H and O–H groups in total. The Kier molecular flexibility index (Phi) is 2.53. The fourth-order valence-corrected chi connectivity index (χ4v) is 2.66. The van der Waals surface area contributed by atoms with Crippen LogP contribution < -0.4 is 4.74 Å². The average molecular weight is 265 g/mol. The normalized spacial score (nSPS) is 10.9. The van der Waals surface area contributed by atoms with E-state index < -0.39 is 0 Å². The number of fused-ring (bicyclic) bond motifs is 1. The number of methoxy groups -OCH3 is 1. The zero-order chi connectivity index (χ0) is 11.8. The molecule has 0 amide bonds. The van der Waals surface area contributed by atoms with Gasteiger partial charge < -0.3 is 9.14 Å². The summed E-state index contributed by atoms with van der Waals surface area (Å²) in [5.74, 6) is 0.811. The Morgan fingerprint density at radius 1 is 1.24 bits per heavy atom. The second-order valence-electron chi connectivity index (χ2n) is 3.56. The van der Waals surface area contributed by atoms with E-state index in [9.17, 15) is 0 Å². The van der Waals surface area contributed by atoms with Crippen LogP contribution in [0.2, 0.25) is 4.34 Å². The Hall–Kier alpha value is -1.52. The van der Waals surface area contributed by atoms with Crippen LogP contribution in [0.3, 0.4) is 0 Å². The van der Waals surface area contributed by atoms with E-state index >= 15 is 0 Å². The molecule has 3 aromatic rings. The van der Waals surface area contributed by atoms with Crippen molar-refractivity contribution in [1.82, 2.24) is 9.38 Å². The molecule has 17 heavy (non-hydrogen) atoms. The number of pyridine rings is 1. The maximum absolute atomic E-state index is 5.92. The lowest BCUT2D eigenvalue weighted by atomic mass is 10.4. The van der Waals surface area contributed by atoms with Gasteiger partial charge in [-0.15, -0.1) is 11.3 Å². The van der Waals surface area contributed by atoms with E-state index in [4.69, 9.17) is 16.3 Å². The van der Waals surface area contributed by atoms with Crippen LogP contribution in [0.1, 0.15) is 0 Å². The molecule has 3 aromatic heterocycles. The number of aromatic nitrogens is 2. The molecule has 0 saturated heterocycles. The minimum Gasteiger partial charge on any atom is -0.495 e. The molecule has 0 spiro atoms. The Bertz CT molecular complexity index is 674. The molecule has 3 nitrogen and oxygen atoms in total. The summed E-state index contributed by atoms with van der Waals surface area (Å²) in [5, 5.41) is 0. The van der Waals surface area contributed by atoms with Crippen molar-refractivity contribution in [3.8, 4) is 16.3 Å². The zero-order valence-corrected chi connectivity index (χ0v) is 10.6. The Balaban J connectivity index is 2.13. The van der Waals surface area contributed by atoms with Gasteiger partial charge in [-0.3, -0.25) is 0 Å². The molecule has 3 heterocycles. The fraction of sp³-hybridized carbons (Fsp3) is 0.0833. The van der Waals surface area contributed by atoms with Gasteiger partial charge in [0.05, 0.1) is 28.2 Å². The van der Waals surface area contributed by atoms with Crippen molar-refractivity contribution >= 4 is 28.6 Å². The first kappa shape index (κ1) is 10.6. The van der Waals surface area contributed by atoms with E-state index in [0.29, 0.717) is 0 Å². The summed E-state index contributed by atoms with van der Waals surface area (Å²) in [6, 6.07) is 7.68. The monoisotopic (exact) mass is 264 g/mol. The van der Waals surface area contributed by atoms with Gasteiger partial charge in [0, 0.05) is 6.20 Å². The second-order valence-corrected chi connectivity index (χ2v) is 5.28. The van der Waals surface area contributed by atoms with Gasteiger partial charge in [0.2, 0.25) is 0 Å². The third-order valence-electron chi connectivity index (χ3n) is 2.49. The first-order chi connectivity index (χ1) is 8.26. The van der Waals surface area contributed by atoms with Crippen LogP contribution in [0.5, 0.6) is 5.75 Å². The van der Waals surface area contributed by atoms with E-state index in [2.05, 4.69) is 4.98 Å². The van der Waals surface area contributed by atoms with E-state index in [0.717, 1.165) is 26.3 Å². The summed E-state index contributed by atoms with van der Waals surface area (Å²) in [6.07, 6.45) is 3.88. The predicted octanol–water partition coefficient (Wildman–Crippen LogP) is 3.72. The number of thiophene rings is 1. The van der Waals surface area contributed by atoms with Crippen molar-refractivity contribution in [2.24, 2.45) is 0 Å². The molecule has 0 atom stereocenters. The lowest BCUT2D eigenvalue weighted by molar-refractivity contribution is 0.412. The number of nitrogens with zero attached hydrogens (tertiary/aromatic N) is 2. The van der Waals surface area contributed by atoms with E-state index in [1.54, 1.807) is 7.11 Å². The predicted molar refractivity (Wildman–Crippen MR) is 70.1 cm³/mol. The fourth-order valence-electron chi connectivity index (χ4n) is 1.66. The smallest absolute Gasteiger partial charge is 0.137 e. The second kappa shape index (κ2) is 4.05. The highest BCUT2D eigenvalue weighted by molar-refractivity contribution is 7.19. The van der Waals surface area contributed by atoms with Crippen LogP contribution in [0.4, 0.5) is 0 Å². The number of imidazole rings is 1. The van der Waals surface area contributed by atoms with Crippen LogP contribution in [0.15, 0.2) is 36.7 Å². The van der Waals surface area contributed by atoms with Crippen LogP contribution in [-0.4, -0.2) is 16.5 Å². The summed E-state index contributed by atoms with van der Waals surface area (Å²) >= 11 is 7.44. The van der Waals surface area contributed by atoms with Crippen LogP contribution in [-0.2, 0) is 0 Å². The van der Waals surface area contributed by atoms with Crippen molar-refractivity contribution in [3.63, 3.8) is 0 Å². The maximum Gasteiger partial charge on any atom is 0.137 e. The van der Waals surface area contributed by atoms with Crippen LogP contribution >= 0.6 is 22.9 Å². The standard InChI is InChI=1S/C12H9ClN2OS/c1-16-8-2-5-12-14-9(7-15(12)6-8)10-3-4-11(13)17-10/h2-7H,1H3. The van der Waals surface area contributed by atoms with Crippen molar-refractivity contribution in [2.75, 3.05) is 7.11 Å². The van der Waals surface area contributed by atoms with Crippen LogP contribution in [0.25, 0.3) is 16.2 Å². The third kappa shape index (κ3) is 1.90. The average Bonchev–Trinajstić information content (AvgIpc) is 2.93. The molecular weight excluding hydrogens is 256 g/mol. The SMILES string of the molecule is COc1ccc2nc(-c3ccc(Cl)s3)cn2c1. The lowest BCUT2D eigenvalue weighted by Crippen LogP contribution is -1.86. The van der Waals surface area contributed by atoms with E-state index in [-0.39, 0.29) is 0 Å². The van der Waals surface area contributed by atoms with Gasteiger partial charge in [0.15, 0.2) is 0 Å². The number of hydrogen-bond donors (Lipinski definition) is 0. The summed E-state index contributed by atoms with van der Waals surface area (Å²) in [4.78, 5) is 5.60. The molecule has 0 aromatic carbocycles.